The third-order valence-corrected chi connectivity index (χ3v) is 5.45. The van der Waals surface area contributed by atoms with Gasteiger partial charge in [0.2, 0.25) is 11.4 Å². The van der Waals surface area contributed by atoms with E-state index < -0.39 is 72.3 Å². The summed E-state index contributed by atoms with van der Waals surface area (Å²) in [4.78, 5) is 25.3. The minimum atomic E-state index is -5.94. The summed E-state index contributed by atoms with van der Waals surface area (Å²) in [6, 6.07) is 4.10. The molecule has 0 spiro atoms. The van der Waals surface area contributed by atoms with Crippen LogP contribution in [0.5, 0.6) is 0 Å². The molecule has 1 heterocycles. The van der Waals surface area contributed by atoms with Crippen molar-refractivity contribution in [2.75, 3.05) is 13.2 Å². The van der Waals surface area contributed by atoms with Crippen LogP contribution in [0.3, 0.4) is 0 Å². The Morgan fingerprint density at radius 2 is 1.27 bits per heavy atom. The van der Waals surface area contributed by atoms with Crippen LogP contribution in [0.25, 0.3) is 0 Å². The molecule has 5 atom stereocenters. The SMILES string of the molecule is CCOC(=O)[C@@H]1C(c2ccc(Cl)cc2)[C@H](C(=O)OCC)[C@@](O)(C(F)(F)F)N[C@@]1(O)C(F)(F)F. The Labute approximate surface area is 188 Å². The lowest BCUT2D eigenvalue weighted by Crippen LogP contribution is -2.81. The van der Waals surface area contributed by atoms with E-state index in [-0.39, 0.29) is 5.02 Å². The van der Waals surface area contributed by atoms with Gasteiger partial charge in [-0.15, -0.1) is 0 Å². The van der Waals surface area contributed by atoms with E-state index >= 15 is 0 Å². The van der Waals surface area contributed by atoms with Crippen molar-refractivity contribution in [2.24, 2.45) is 11.8 Å². The van der Waals surface area contributed by atoms with Crippen LogP contribution in [0, 0.1) is 11.8 Å². The summed E-state index contributed by atoms with van der Waals surface area (Å²) in [5.74, 6) is -11.6. The van der Waals surface area contributed by atoms with Crippen LogP contribution in [0.15, 0.2) is 24.3 Å². The summed E-state index contributed by atoms with van der Waals surface area (Å²) in [5.41, 5.74) is -9.75. The predicted molar refractivity (Wildman–Crippen MR) is 99.6 cm³/mol. The monoisotopic (exact) mass is 507 g/mol. The second-order valence-electron chi connectivity index (χ2n) is 7.19. The maximum atomic E-state index is 14.0. The average Bonchev–Trinajstić information content (AvgIpc) is 2.66. The molecule has 186 valence electrons. The zero-order chi connectivity index (χ0) is 25.4. The van der Waals surface area contributed by atoms with Crippen molar-refractivity contribution in [1.82, 2.24) is 5.32 Å². The van der Waals surface area contributed by atoms with Gasteiger partial charge in [0.1, 0.15) is 11.8 Å². The lowest BCUT2D eigenvalue weighted by molar-refractivity contribution is -0.376. The second kappa shape index (κ2) is 9.28. The van der Waals surface area contributed by atoms with Crippen molar-refractivity contribution in [3.05, 3.63) is 34.9 Å². The standard InChI is InChI=1S/C19H20ClF6NO6/c1-3-32-14(28)12-11(9-5-7-10(20)8-6-9)13(15(29)33-4-2)17(31,19(24,25)26)27-16(12,30)18(21,22)23/h5-8,11-13,27,30-31H,3-4H2,1-2H3/t11?,12-,13+,16-,17+. The van der Waals surface area contributed by atoms with Crippen LogP contribution in [0.2, 0.25) is 5.02 Å². The molecule has 0 amide bonds. The van der Waals surface area contributed by atoms with Crippen molar-refractivity contribution < 1.29 is 55.6 Å². The van der Waals surface area contributed by atoms with Crippen LogP contribution < -0.4 is 5.32 Å². The Hall–Kier alpha value is -2.09. The fourth-order valence-electron chi connectivity index (χ4n) is 3.82. The maximum Gasteiger partial charge on any atom is 0.432 e. The molecule has 0 bridgehead atoms. The molecule has 1 aromatic carbocycles. The van der Waals surface area contributed by atoms with Gasteiger partial charge in [-0.3, -0.25) is 9.59 Å². The van der Waals surface area contributed by atoms with Crippen molar-refractivity contribution in [1.29, 1.82) is 0 Å². The summed E-state index contributed by atoms with van der Waals surface area (Å²) in [7, 11) is 0. The van der Waals surface area contributed by atoms with Gasteiger partial charge in [0.05, 0.1) is 13.2 Å². The van der Waals surface area contributed by atoms with E-state index in [1.165, 1.54) is 13.8 Å². The summed E-state index contributed by atoms with van der Waals surface area (Å²) in [6.45, 7) is 1.44. The molecule has 0 aromatic heterocycles. The summed E-state index contributed by atoms with van der Waals surface area (Å²) < 4.78 is 93.2. The molecule has 1 aliphatic rings. The minimum Gasteiger partial charge on any atom is -0.466 e. The Balaban J connectivity index is 2.95. The number of nitrogens with one attached hydrogen (secondary N) is 1. The smallest absolute Gasteiger partial charge is 0.432 e. The highest BCUT2D eigenvalue weighted by molar-refractivity contribution is 6.30. The van der Waals surface area contributed by atoms with Gasteiger partial charge in [-0.05, 0) is 31.5 Å². The van der Waals surface area contributed by atoms with Gasteiger partial charge in [0.25, 0.3) is 0 Å². The van der Waals surface area contributed by atoms with E-state index in [2.05, 4.69) is 9.47 Å². The van der Waals surface area contributed by atoms with E-state index in [0.29, 0.717) is 5.32 Å². The number of benzene rings is 1. The quantitative estimate of drug-likeness (QED) is 0.416. The molecule has 33 heavy (non-hydrogen) atoms. The van der Waals surface area contributed by atoms with Gasteiger partial charge in [0.15, 0.2) is 0 Å². The molecule has 2 rings (SSSR count). The molecule has 3 N–H and O–H groups in total. The molecule has 1 saturated heterocycles. The number of alkyl halides is 6. The van der Waals surface area contributed by atoms with E-state index in [1.807, 2.05) is 0 Å². The summed E-state index contributed by atoms with van der Waals surface area (Å²) in [6.07, 6.45) is -11.9. The normalized spacial score (nSPS) is 30.6. The topological polar surface area (TPSA) is 105 Å². The zero-order valence-corrected chi connectivity index (χ0v) is 17.9. The number of halogens is 7. The zero-order valence-electron chi connectivity index (χ0n) is 17.1. The van der Waals surface area contributed by atoms with E-state index in [1.54, 1.807) is 0 Å². The Morgan fingerprint density at radius 3 is 1.58 bits per heavy atom. The van der Waals surface area contributed by atoms with E-state index in [0.717, 1.165) is 24.3 Å². The highest BCUT2D eigenvalue weighted by atomic mass is 35.5. The van der Waals surface area contributed by atoms with E-state index in [4.69, 9.17) is 11.6 Å². The number of esters is 2. The van der Waals surface area contributed by atoms with Crippen LogP contribution in [-0.2, 0) is 19.1 Å². The number of aliphatic hydroxyl groups is 2. The Bertz CT molecular complexity index is 831. The molecule has 1 unspecified atom stereocenters. The third kappa shape index (κ3) is 4.77. The first kappa shape index (κ1) is 27.2. The molecular formula is C19H20ClF6NO6. The van der Waals surface area contributed by atoms with Gasteiger partial charge in [-0.1, -0.05) is 23.7 Å². The summed E-state index contributed by atoms with van der Waals surface area (Å²) >= 11 is 5.75. The molecule has 1 fully saturated rings. The summed E-state index contributed by atoms with van der Waals surface area (Å²) in [5, 5.41) is 21.8. The number of piperidine rings is 1. The number of carbonyl (C=O) groups is 2. The first-order valence-electron chi connectivity index (χ1n) is 9.51. The molecule has 1 aromatic rings. The van der Waals surface area contributed by atoms with Crippen LogP contribution in [0.4, 0.5) is 26.3 Å². The number of hydrogen-bond donors (Lipinski definition) is 3. The largest absolute Gasteiger partial charge is 0.466 e. The first-order valence-corrected chi connectivity index (χ1v) is 9.89. The number of hydrogen-bond acceptors (Lipinski definition) is 7. The van der Waals surface area contributed by atoms with Gasteiger partial charge in [-0.25, -0.2) is 5.32 Å². The van der Waals surface area contributed by atoms with Crippen LogP contribution >= 0.6 is 11.6 Å². The predicted octanol–water partition coefficient (Wildman–Crippen LogP) is 2.89. The van der Waals surface area contributed by atoms with Crippen molar-refractivity contribution >= 4 is 23.5 Å². The third-order valence-electron chi connectivity index (χ3n) is 5.20. The van der Waals surface area contributed by atoms with Gasteiger partial charge in [-0.2, -0.15) is 26.3 Å². The lowest BCUT2D eigenvalue weighted by atomic mass is 9.64. The maximum absolute atomic E-state index is 14.0. The number of carbonyl (C=O) groups excluding carboxylic acids is 2. The van der Waals surface area contributed by atoms with Gasteiger partial charge < -0.3 is 19.7 Å². The minimum absolute atomic E-state index is 0.0326. The lowest BCUT2D eigenvalue weighted by Gasteiger charge is -2.54. The molecule has 0 aliphatic carbocycles. The van der Waals surface area contributed by atoms with Crippen molar-refractivity contribution in [2.45, 2.75) is 43.6 Å². The molecule has 0 radical (unpaired) electrons. The highest BCUT2D eigenvalue weighted by Crippen LogP contribution is 2.55. The fraction of sp³-hybridized carbons (Fsp3) is 0.579. The van der Waals surface area contributed by atoms with E-state index in [9.17, 15) is 46.1 Å². The molecular weight excluding hydrogens is 488 g/mol. The fourth-order valence-corrected chi connectivity index (χ4v) is 3.95. The second-order valence-corrected chi connectivity index (χ2v) is 7.63. The van der Waals surface area contributed by atoms with Crippen LogP contribution in [-0.4, -0.2) is 59.2 Å². The van der Waals surface area contributed by atoms with Crippen molar-refractivity contribution in [3.8, 4) is 0 Å². The first-order chi connectivity index (χ1) is 15.0. The number of ether oxygens (including phenoxy) is 2. The molecule has 1 aliphatic heterocycles. The highest BCUT2D eigenvalue weighted by Gasteiger charge is 2.78. The molecule has 0 saturated carbocycles. The Kier molecular flexibility index (Phi) is 7.63. The Morgan fingerprint density at radius 1 is 0.909 bits per heavy atom. The van der Waals surface area contributed by atoms with Gasteiger partial charge in [0, 0.05) is 10.9 Å². The van der Waals surface area contributed by atoms with Crippen molar-refractivity contribution in [3.63, 3.8) is 0 Å². The number of rotatable bonds is 5. The molecule has 14 heteroatoms. The average molecular weight is 508 g/mol. The molecule has 7 nitrogen and oxygen atoms in total. The van der Waals surface area contributed by atoms with Crippen LogP contribution in [0.1, 0.15) is 25.3 Å². The van der Waals surface area contributed by atoms with Gasteiger partial charge >= 0.3 is 24.3 Å².